The summed E-state index contributed by atoms with van der Waals surface area (Å²) < 4.78 is 26.6. The summed E-state index contributed by atoms with van der Waals surface area (Å²) in [5.41, 5.74) is 1.99. The molecule has 1 aromatic rings. The van der Waals surface area contributed by atoms with Crippen molar-refractivity contribution in [1.29, 1.82) is 0 Å². The number of carbonyl (C=O) groups is 2. The van der Waals surface area contributed by atoms with Crippen LogP contribution in [0.25, 0.3) is 0 Å². The van der Waals surface area contributed by atoms with E-state index in [1.807, 2.05) is 6.92 Å². The van der Waals surface area contributed by atoms with Gasteiger partial charge in [0.1, 0.15) is 4.21 Å². The van der Waals surface area contributed by atoms with Gasteiger partial charge in [0, 0.05) is 37.1 Å². The molecular formula is C16H20N2O5S2. The van der Waals surface area contributed by atoms with E-state index < -0.39 is 16.0 Å². The quantitative estimate of drug-likeness (QED) is 0.854. The Kier molecular flexibility index (Phi) is 4.99. The molecule has 1 amide bonds. The summed E-state index contributed by atoms with van der Waals surface area (Å²) in [5.74, 6) is -1.12. The van der Waals surface area contributed by atoms with E-state index in [2.05, 4.69) is 0 Å². The van der Waals surface area contributed by atoms with Crippen LogP contribution in [-0.2, 0) is 14.8 Å². The van der Waals surface area contributed by atoms with Crippen molar-refractivity contribution < 1.29 is 23.1 Å². The van der Waals surface area contributed by atoms with Crippen molar-refractivity contribution >= 4 is 33.2 Å². The Hall–Kier alpha value is -1.71. The molecule has 3 rings (SSSR count). The number of aromatic carboxylic acids is 1. The zero-order valence-corrected chi connectivity index (χ0v) is 15.5. The molecule has 0 atom stereocenters. The van der Waals surface area contributed by atoms with Crippen LogP contribution in [-0.4, -0.2) is 60.8 Å². The van der Waals surface area contributed by atoms with E-state index in [4.69, 9.17) is 5.11 Å². The molecule has 0 aromatic carbocycles. The largest absolute Gasteiger partial charge is 0.478 e. The molecule has 2 aliphatic rings. The van der Waals surface area contributed by atoms with E-state index in [1.165, 1.54) is 15.8 Å². The molecule has 1 N–H and O–H groups in total. The number of allylic oxidation sites excluding steroid dienone is 1. The SMILES string of the molecule is CC1=C(C(=O)N2CCN(S(=O)(=O)c3cc(C(=O)O)cs3)CC2)CCC1. The highest BCUT2D eigenvalue weighted by Gasteiger charge is 2.33. The average Bonchev–Trinajstić information content (AvgIpc) is 3.23. The molecule has 1 aliphatic heterocycles. The maximum Gasteiger partial charge on any atom is 0.336 e. The molecule has 1 fully saturated rings. The number of carbonyl (C=O) groups excluding carboxylic acids is 1. The van der Waals surface area contributed by atoms with Gasteiger partial charge in [-0.25, -0.2) is 13.2 Å². The highest BCUT2D eigenvalue weighted by Crippen LogP contribution is 2.28. The summed E-state index contributed by atoms with van der Waals surface area (Å²) in [6.45, 7) is 3.14. The van der Waals surface area contributed by atoms with Gasteiger partial charge >= 0.3 is 5.97 Å². The summed E-state index contributed by atoms with van der Waals surface area (Å²) in [7, 11) is -3.72. The number of carboxylic acid groups (broad SMARTS) is 1. The predicted molar refractivity (Wildman–Crippen MR) is 93.2 cm³/mol. The van der Waals surface area contributed by atoms with Crippen LogP contribution >= 0.6 is 11.3 Å². The Morgan fingerprint density at radius 2 is 1.84 bits per heavy atom. The first kappa shape index (κ1) is 18.1. The maximum absolute atomic E-state index is 12.6. The van der Waals surface area contributed by atoms with Gasteiger partial charge in [0.25, 0.3) is 10.0 Å². The second-order valence-corrected chi connectivity index (χ2v) is 9.34. The molecule has 1 aromatic heterocycles. The Morgan fingerprint density at radius 3 is 2.36 bits per heavy atom. The number of hydrogen-bond donors (Lipinski definition) is 1. The van der Waals surface area contributed by atoms with Crippen molar-refractivity contribution in [3.05, 3.63) is 28.2 Å². The first-order valence-corrected chi connectivity index (χ1v) is 10.4. The normalized spacial score (nSPS) is 19.5. The molecule has 7 nitrogen and oxygen atoms in total. The van der Waals surface area contributed by atoms with E-state index in [0.29, 0.717) is 13.1 Å². The molecule has 2 heterocycles. The number of sulfonamides is 1. The molecular weight excluding hydrogens is 364 g/mol. The van der Waals surface area contributed by atoms with Crippen LogP contribution in [0.4, 0.5) is 0 Å². The van der Waals surface area contributed by atoms with Crippen molar-refractivity contribution in [2.45, 2.75) is 30.4 Å². The van der Waals surface area contributed by atoms with E-state index in [1.54, 1.807) is 4.90 Å². The Bertz CT molecular complexity index is 832. The molecule has 0 spiro atoms. The third-order valence-electron chi connectivity index (χ3n) is 4.69. The van der Waals surface area contributed by atoms with Crippen LogP contribution in [0.3, 0.4) is 0 Å². The number of amides is 1. The highest BCUT2D eigenvalue weighted by molar-refractivity contribution is 7.91. The monoisotopic (exact) mass is 384 g/mol. The molecule has 1 aliphatic carbocycles. The van der Waals surface area contributed by atoms with Crippen LogP contribution in [0, 0.1) is 0 Å². The standard InChI is InChI=1S/C16H20N2O5S2/c1-11-3-2-4-13(11)15(19)17-5-7-18(8-6-17)25(22,23)14-9-12(10-24-14)16(20)21/h9-10H,2-8H2,1H3,(H,20,21). The van der Waals surface area contributed by atoms with Crippen molar-refractivity contribution in [3.63, 3.8) is 0 Å². The third kappa shape index (κ3) is 3.49. The van der Waals surface area contributed by atoms with Crippen LogP contribution in [0.15, 0.2) is 26.8 Å². The fraction of sp³-hybridized carbons (Fsp3) is 0.500. The molecule has 25 heavy (non-hydrogen) atoms. The number of carboxylic acids is 1. The van der Waals surface area contributed by atoms with Crippen molar-refractivity contribution in [2.24, 2.45) is 0 Å². The van der Waals surface area contributed by atoms with Gasteiger partial charge in [0.05, 0.1) is 5.56 Å². The van der Waals surface area contributed by atoms with E-state index >= 15 is 0 Å². The Balaban J connectivity index is 1.68. The smallest absolute Gasteiger partial charge is 0.336 e. The number of nitrogens with zero attached hydrogens (tertiary/aromatic N) is 2. The second kappa shape index (κ2) is 6.89. The lowest BCUT2D eigenvalue weighted by atomic mass is 10.1. The third-order valence-corrected chi connectivity index (χ3v) is 8.01. The lowest BCUT2D eigenvalue weighted by molar-refractivity contribution is -0.128. The molecule has 9 heteroatoms. The van der Waals surface area contributed by atoms with E-state index in [-0.39, 0.29) is 28.8 Å². The zero-order chi connectivity index (χ0) is 18.2. The van der Waals surface area contributed by atoms with Gasteiger partial charge in [-0.1, -0.05) is 5.57 Å². The Labute approximate surface area is 150 Å². The van der Waals surface area contributed by atoms with Crippen molar-refractivity contribution in [2.75, 3.05) is 26.2 Å². The van der Waals surface area contributed by atoms with Gasteiger partial charge < -0.3 is 10.0 Å². The van der Waals surface area contributed by atoms with Gasteiger partial charge in [-0.2, -0.15) is 4.31 Å². The molecule has 1 saturated heterocycles. The summed E-state index contributed by atoms with van der Waals surface area (Å²) >= 11 is 0.908. The summed E-state index contributed by atoms with van der Waals surface area (Å²) in [4.78, 5) is 25.2. The van der Waals surface area contributed by atoms with Crippen LogP contribution < -0.4 is 0 Å². The van der Waals surface area contributed by atoms with Gasteiger partial charge in [0.2, 0.25) is 5.91 Å². The van der Waals surface area contributed by atoms with Gasteiger partial charge in [-0.3, -0.25) is 4.79 Å². The number of hydrogen-bond acceptors (Lipinski definition) is 5. The van der Waals surface area contributed by atoms with Crippen LogP contribution in [0.5, 0.6) is 0 Å². The Morgan fingerprint density at radius 1 is 1.16 bits per heavy atom. The summed E-state index contributed by atoms with van der Waals surface area (Å²) in [5, 5.41) is 10.3. The van der Waals surface area contributed by atoms with E-state index in [9.17, 15) is 18.0 Å². The minimum atomic E-state index is -3.72. The molecule has 0 saturated carbocycles. The van der Waals surface area contributed by atoms with E-state index in [0.717, 1.165) is 41.7 Å². The maximum atomic E-state index is 12.6. The molecule has 0 bridgehead atoms. The van der Waals surface area contributed by atoms with Gasteiger partial charge in [-0.05, 0) is 32.3 Å². The zero-order valence-electron chi connectivity index (χ0n) is 13.9. The fourth-order valence-corrected chi connectivity index (χ4v) is 5.93. The first-order chi connectivity index (χ1) is 11.8. The topological polar surface area (TPSA) is 95.0 Å². The minimum absolute atomic E-state index is 0.0244. The average molecular weight is 384 g/mol. The fourth-order valence-electron chi connectivity index (χ4n) is 3.20. The van der Waals surface area contributed by atoms with Crippen LogP contribution in [0.2, 0.25) is 0 Å². The van der Waals surface area contributed by atoms with Crippen molar-refractivity contribution in [3.8, 4) is 0 Å². The number of thiophene rings is 1. The second-order valence-electron chi connectivity index (χ2n) is 6.27. The summed E-state index contributed by atoms with van der Waals surface area (Å²) in [6, 6.07) is 1.19. The molecule has 136 valence electrons. The highest BCUT2D eigenvalue weighted by atomic mass is 32.2. The first-order valence-electron chi connectivity index (χ1n) is 8.10. The number of piperazine rings is 1. The van der Waals surface area contributed by atoms with Gasteiger partial charge in [-0.15, -0.1) is 11.3 Å². The van der Waals surface area contributed by atoms with Crippen molar-refractivity contribution in [1.82, 2.24) is 9.21 Å². The summed E-state index contributed by atoms with van der Waals surface area (Å²) in [6.07, 6.45) is 2.77. The molecule has 0 radical (unpaired) electrons. The minimum Gasteiger partial charge on any atom is -0.478 e. The van der Waals surface area contributed by atoms with Crippen LogP contribution in [0.1, 0.15) is 36.5 Å². The number of rotatable bonds is 4. The lowest BCUT2D eigenvalue weighted by Gasteiger charge is -2.34. The molecule has 0 unspecified atom stereocenters. The lowest BCUT2D eigenvalue weighted by Crippen LogP contribution is -2.50. The van der Waals surface area contributed by atoms with Gasteiger partial charge in [0.15, 0.2) is 0 Å². The predicted octanol–water partition coefficient (Wildman–Crippen LogP) is 1.78.